The van der Waals surface area contributed by atoms with Crippen molar-refractivity contribution in [1.82, 2.24) is 9.13 Å². The molecule has 2 heterocycles. The molecule has 1 N–H and O–H groups in total. The van der Waals surface area contributed by atoms with E-state index in [1.807, 2.05) is 4.90 Å². The number of hydrogen-bond acceptors (Lipinski definition) is 6. The number of nitrogens with one attached hydrogen (secondary N) is 1. The Kier molecular flexibility index (Phi) is 5.95. The van der Waals surface area contributed by atoms with Crippen LogP contribution in [-0.2, 0) is 18.9 Å². The first-order chi connectivity index (χ1) is 13.8. The highest BCUT2D eigenvalue weighted by molar-refractivity contribution is 5.93. The molecular weight excluding hydrogens is 376 g/mol. The fourth-order valence-electron chi connectivity index (χ4n) is 3.55. The van der Waals surface area contributed by atoms with E-state index in [4.69, 9.17) is 9.47 Å². The van der Waals surface area contributed by atoms with Crippen LogP contribution < -0.4 is 30.9 Å². The van der Waals surface area contributed by atoms with Gasteiger partial charge in [0.1, 0.15) is 17.3 Å². The van der Waals surface area contributed by atoms with E-state index >= 15 is 0 Å². The largest absolute Gasteiger partial charge is 0.497 e. The first kappa shape index (κ1) is 20.5. The van der Waals surface area contributed by atoms with Crippen LogP contribution in [0.5, 0.6) is 11.5 Å². The second-order valence-electron chi connectivity index (χ2n) is 7.12. The molecule has 0 saturated carbocycles. The molecule has 1 atom stereocenters. The second-order valence-corrected chi connectivity index (χ2v) is 7.12. The SMILES string of the molecule is COc1cc(NC(=O)C2CCCN(c3cc(=O)n(C)c(=O)n3C)C2)cc(OC)c1. The van der Waals surface area contributed by atoms with Crippen molar-refractivity contribution < 1.29 is 14.3 Å². The molecule has 9 nitrogen and oxygen atoms in total. The van der Waals surface area contributed by atoms with E-state index in [1.54, 1.807) is 39.5 Å². The first-order valence-corrected chi connectivity index (χ1v) is 9.40. The number of nitrogens with zero attached hydrogens (tertiary/aromatic N) is 3. The molecule has 0 bridgehead atoms. The maximum Gasteiger partial charge on any atom is 0.332 e. The van der Waals surface area contributed by atoms with Crippen molar-refractivity contribution in [2.75, 3.05) is 37.5 Å². The Bertz CT molecular complexity index is 1000. The van der Waals surface area contributed by atoms with Crippen molar-refractivity contribution in [1.29, 1.82) is 0 Å². The lowest BCUT2D eigenvalue weighted by atomic mass is 9.97. The third-order valence-electron chi connectivity index (χ3n) is 5.24. The van der Waals surface area contributed by atoms with Crippen LogP contribution in [0.3, 0.4) is 0 Å². The van der Waals surface area contributed by atoms with Crippen LogP contribution in [0.25, 0.3) is 0 Å². The Balaban J connectivity index is 1.79. The maximum atomic E-state index is 12.9. The van der Waals surface area contributed by atoms with E-state index < -0.39 is 0 Å². The molecule has 0 aliphatic carbocycles. The number of aromatic nitrogens is 2. The van der Waals surface area contributed by atoms with E-state index in [0.717, 1.165) is 17.4 Å². The lowest BCUT2D eigenvalue weighted by Gasteiger charge is -2.34. The lowest BCUT2D eigenvalue weighted by molar-refractivity contribution is -0.120. The number of benzene rings is 1. The van der Waals surface area contributed by atoms with Crippen LogP contribution in [0.2, 0.25) is 0 Å². The van der Waals surface area contributed by atoms with E-state index in [-0.39, 0.29) is 23.1 Å². The molecule has 0 radical (unpaired) electrons. The minimum absolute atomic E-state index is 0.126. The lowest BCUT2D eigenvalue weighted by Crippen LogP contribution is -2.45. The van der Waals surface area contributed by atoms with Gasteiger partial charge in [-0.1, -0.05) is 0 Å². The monoisotopic (exact) mass is 402 g/mol. The maximum absolute atomic E-state index is 12.9. The molecule has 1 aromatic carbocycles. The van der Waals surface area contributed by atoms with Crippen molar-refractivity contribution >= 4 is 17.4 Å². The van der Waals surface area contributed by atoms with E-state index in [2.05, 4.69) is 5.32 Å². The normalized spacial score (nSPS) is 16.4. The van der Waals surface area contributed by atoms with E-state index in [9.17, 15) is 14.4 Å². The van der Waals surface area contributed by atoms with Gasteiger partial charge >= 0.3 is 5.69 Å². The van der Waals surface area contributed by atoms with Gasteiger partial charge in [0, 0.05) is 57.1 Å². The van der Waals surface area contributed by atoms with Gasteiger partial charge in [-0.15, -0.1) is 0 Å². The summed E-state index contributed by atoms with van der Waals surface area (Å²) >= 11 is 0. The number of ether oxygens (including phenoxy) is 2. The zero-order valence-electron chi connectivity index (χ0n) is 17.1. The van der Waals surface area contributed by atoms with Gasteiger partial charge < -0.3 is 19.7 Å². The number of rotatable bonds is 5. The Morgan fingerprint density at radius 2 is 1.69 bits per heavy atom. The van der Waals surface area contributed by atoms with Crippen molar-refractivity contribution in [3.05, 3.63) is 45.1 Å². The average molecular weight is 402 g/mol. The minimum atomic E-state index is -0.387. The van der Waals surface area contributed by atoms with Gasteiger partial charge in [0.15, 0.2) is 0 Å². The topological polar surface area (TPSA) is 94.8 Å². The molecule has 1 fully saturated rings. The fraction of sp³-hybridized carbons (Fsp3) is 0.450. The Morgan fingerprint density at radius 1 is 1.03 bits per heavy atom. The minimum Gasteiger partial charge on any atom is -0.497 e. The third-order valence-corrected chi connectivity index (χ3v) is 5.24. The summed E-state index contributed by atoms with van der Waals surface area (Å²) in [5, 5.41) is 2.92. The molecule has 1 aliphatic rings. The van der Waals surface area contributed by atoms with E-state index in [0.29, 0.717) is 36.1 Å². The Hall–Kier alpha value is -3.23. The van der Waals surface area contributed by atoms with Gasteiger partial charge in [-0.3, -0.25) is 18.7 Å². The molecular formula is C20H26N4O5. The molecule has 2 aromatic rings. The fourth-order valence-corrected chi connectivity index (χ4v) is 3.55. The van der Waals surface area contributed by atoms with Crippen LogP contribution in [0.4, 0.5) is 11.5 Å². The summed E-state index contributed by atoms with van der Waals surface area (Å²) < 4.78 is 13.0. The Labute approximate surface area is 168 Å². The van der Waals surface area contributed by atoms with Crippen LogP contribution in [0.1, 0.15) is 12.8 Å². The second kappa shape index (κ2) is 8.42. The van der Waals surface area contributed by atoms with Crippen LogP contribution in [0.15, 0.2) is 33.9 Å². The zero-order chi connectivity index (χ0) is 21.1. The Morgan fingerprint density at radius 3 is 2.31 bits per heavy atom. The van der Waals surface area contributed by atoms with Crippen molar-refractivity contribution in [3.63, 3.8) is 0 Å². The first-order valence-electron chi connectivity index (χ1n) is 9.40. The molecule has 1 aromatic heterocycles. The standard InChI is InChI=1S/C20H26N4O5/c1-22-17(11-18(25)23(2)20(22)27)24-7-5-6-13(12-24)19(26)21-14-8-15(28-3)10-16(9-14)29-4/h8-11,13H,5-7,12H2,1-4H3,(H,21,26). The summed E-state index contributed by atoms with van der Waals surface area (Å²) in [6, 6.07) is 6.63. The number of carbonyl (C=O) groups excluding carboxylic acids is 1. The molecule has 156 valence electrons. The summed E-state index contributed by atoms with van der Waals surface area (Å²) in [4.78, 5) is 39.1. The molecule has 1 saturated heterocycles. The van der Waals surface area contributed by atoms with Crippen molar-refractivity contribution in [2.45, 2.75) is 12.8 Å². The number of amides is 1. The summed E-state index contributed by atoms with van der Waals surface area (Å²) in [5.74, 6) is 1.29. The number of piperidine rings is 1. The number of carbonyl (C=O) groups is 1. The van der Waals surface area contributed by atoms with Crippen LogP contribution in [0, 0.1) is 5.92 Å². The van der Waals surface area contributed by atoms with Crippen LogP contribution >= 0.6 is 0 Å². The molecule has 9 heteroatoms. The molecule has 0 spiro atoms. The number of hydrogen-bond donors (Lipinski definition) is 1. The number of methoxy groups -OCH3 is 2. The molecule has 3 rings (SSSR count). The highest BCUT2D eigenvalue weighted by atomic mass is 16.5. The zero-order valence-corrected chi connectivity index (χ0v) is 17.1. The summed E-state index contributed by atoms with van der Waals surface area (Å²) in [7, 11) is 6.17. The third kappa shape index (κ3) is 4.28. The van der Waals surface area contributed by atoms with Gasteiger partial charge in [0.05, 0.1) is 20.1 Å². The number of anilines is 2. The van der Waals surface area contributed by atoms with Crippen molar-refractivity contribution in [2.24, 2.45) is 20.0 Å². The van der Waals surface area contributed by atoms with E-state index in [1.165, 1.54) is 17.7 Å². The highest BCUT2D eigenvalue weighted by Crippen LogP contribution is 2.27. The predicted octanol–water partition coefficient (Wildman–Crippen LogP) is 0.956. The molecule has 29 heavy (non-hydrogen) atoms. The summed E-state index contributed by atoms with van der Waals surface area (Å²) in [5.41, 5.74) is -0.162. The average Bonchev–Trinajstić information content (AvgIpc) is 2.74. The van der Waals surface area contributed by atoms with Crippen molar-refractivity contribution in [3.8, 4) is 11.5 Å². The quantitative estimate of drug-likeness (QED) is 0.800. The molecule has 1 amide bonds. The van der Waals surface area contributed by atoms with Gasteiger partial charge in [-0.2, -0.15) is 0 Å². The highest BCUT2D eigenvalue weighted by Gasteiger charge is 2.28. The van der Waals surface area contributed by atoms with Gasteiger partial charge in [0.2, 0.25) is 5.91 Å². The molecule has 1 unspecified atom stereocenters. The predicted molar refractivity (Wildman–Crippen MR) is 110 cm³/mol. The smallest absolute Gasteiger partial charge is 0.332 e. The summed E-state index contributed by atoms with van der Waals surface area (Å²) in [6.45, 7) is 1.10. The van der Waals surface area contributed by atoms with Gasteiger partial charge in [0.25, 0.3) is 5.56 Å². The molecule has 1 aliphatic heterocycles. The van der Waals surface area contributed by atoms with Crippen LogP contribution in [-0.4, -0.2) is 42.4 Å². The van der Waals surface area contributed by atoms with Gasteiger partial charge in [-0.05, 0) is 12.8 Å². The van der Waals surface area contributed by atoms with Gasteiger partial charge in [-0.25, -0.2) is 4.79 Å². The summed E-state index contributed by atoms with van der Waals surface area (Å²) in [6.07, 6.45) is 1.51.